The van der Waals surface area contributed by atoms with Gasteiger partial charge in [-0.3, -0.25) is 4.57 Å². The predicted octanol–water partition coefficient (Wildman–Crippen LogP) is 6.49. The number of hydrogen-bond acceptors (Lipinski definition) is 3. The summed E-state index contributed by atoms with van der Waals surface area (Å²) in [5.41, 5.74) is 2.46. The van der Waals surface area contributed by atoms with E-state index in [4.69, 9.17) is 27.9 Å². The molecule has 0 saturated carbocycles. The van der Waals surface area contributed by atoms with Crippen LogP contribution in [0.3, 0.4) is 0 Å². The van der Waals surface area contributed by atoms with Crippen LogP contribution in [0.2, 0.25) is 10.0 Å². The van der Waals surface area contributed by atoms with Gasteiger partial charge < -0.3 is 19.6 Å². The summed E-state index contributed by atoms with van der Waals surface area (Å²) in [4.78, 5) is 19.5. The van der Waals surface area contributed by atoms with Crippen molar-refractivity contribution in [1.29, 1.82) is 0 Å². The summed E-state index contributed by atoms with van der Waals surface area (Å²) >= 11 is 12.9. The highest BCUT2D eigenvalue weighted by Crippen LogP contribution is 2.55. The van der Waals surface area contributed by atoms with Gasteiger partial charge in [0, 0.05) is 16.5 Å². The van der Waals surface area contributed by atoms with Crippen LogP contribution in [0.5, 0.6) is 11.5 Å². The smallest absolute Gasteiger partial charge is 0.368 e. The molecule has 0 amide bonds. The summed E-state index contributed by atoms with van der Waals surface area (Å²) in [7, 11) is -4.52. The Morgan fingerprint density at radius 2 is 1.62 bits per heavy atom. The fourth-order valence-corrected chi connectivity index (χ4v) is 4.92. The third kappa shape index (κ3) is 5.28. The standard InChI is InChI=1S/C21H27Cl2O5P/c1-5-21(6-2,29(25,26)27)28-15-11-18(22)17(19(23)12-15)10-14-7-8-20(24)16(9-14)13(3)4/h7-9,11-13,24H,5-6,10H2,1-4H3,(H2,25,26,27). The van der Waals surface area contributed by atoms with Crippen molar-refractivity contribution in [3.63, 3.8) is 0 Å². The summed E-state index contributed by atoms with van der Waals surface area (Å²) in [6.45, 7) is 7.33. The summed E-state index contributed by atoms with van der Waals surface area (Å²) in [5.74, 6) is 0.627. The van der Waals surface area contributed by atoms with E-state index in [-0.39, 0.29) is 30.3 Å². The lowest BCUT2D eigenvalue weighted by molar-refractivity contribution is 0.108. The molecular weight excluding hydrogens is 434 g/mol. The van der Waals surface area contributed by atoms with Gasteiger partial charge in [0.05, 0.1) is 0 Å². The normalized spacial score (nSPS) is 12.4. The van der Waals surface area contributed by atoms with Crippen molar-refractivity contribution in [3.8, 4) is 11.5 Å². The van der Waals surface area contributed by atoms with Crippen LogP contribution < -0.4 is 4.74 Å². The molecule has 160 valence electrons. The highest BCUT2D eigenvalue weighted by Gasteiger charge is 2.46. The number of benzene rings is 2. The van der Waals surface area contributed by atoms with E-state index in [2.05, 4.69) is 0 Å². The van der Waals surface area contributed by atoms with Crippen molar-refractivity contribution < 1.29 is 24.2 Å². The van der Waals surface area contributed by atoms with Crippen molar-refractivity contribution in [1.82, 2.24) is 0 Å². The molecule has 29 heavy (non-hydrogen) atoms. The molecule has 8 heteroatoms. The Labute approximate surface area is 181 Å². The molecule has 0 fully saturated rings. The second kappa shape index (κ2) is 9.28. The minimum absolute atomic E-state index is 0.135. The number of hydrogen-bond donors (Lipinski definition) is 3. The van der Waals surface area contributed by atoms with Gasteiger partial charge in [-0.15, -0.1) is 0 Å². The molecule has 0 aliphatic carbocycles. The molecule has 0 aliphatic heterocycles. The van der Waals surface area contributed by atoms with E-state index in [1.165, 1.54) is 12.1 Å². The summed E-state index contributed by atoms with van der Waals surface area (Å²) in [6.07, 6.45) is 0.718. The average molecular weight is 461 g/mol. The first-order valence-electron chi connectivity index (χ1n) is 9.48. The van der Waals surface area contributed by atoms with E-state index < -0.39 is 12.9 Å². The average Bonchev–Trinajstić information content (AvgIpc) is 2.62. The number of ether oxygens (including phenoxy) is 1. The van der Waals surface area contributed by atoms with Crippen LogP contribution in [-0.4, -0.2) is 20.2 Å². The van der Waals surface area contributed by atoms with Crippen LogP contribution >= 0.6 is 30.8 Å². The highest BCUT2D eigenvalue weighted by molar-refractivity contribution is 7.53. The zero-order valence-corrected chi connectivity index (χ0v) is 19.4. The summed E-state index contributed by atoms with van der Waals surface area (Å²) in [5, 5.41) is 9.08. The predicted molar refractivity (Wildman–Crippen MR) is 117 cm³/mol. The first-order chi connectivity index (χ1) is 13.4. The monoisotopic (exact) mass is 460 g/mol. The quantitative estimate of drug-likeness (QED) is 0.392. The zero-order valence-electron chi connectivity index (χ0n) is 16.9. The fourth-order valence-electron chi connectivity index (χ4n) is 3.27. The lowest BCUT2D eigenvalue weighted by Crippen LogP contribution is -2.34. The van der Waals surface area contributed by atoms with Gasteiger partial charge in [-0.05, 0) is 53.6 Å². The van der Waals surface area contributed by atoms with E-state index in [0.717, 1.165) is 11.1 Å². The Hall–Kier alpha value is -1.23. The second-order valence-electron chi connectivity index (χ2n) is 7.39. The number of halogens is 2. The van der Waals surface area contributed by atoms with E-state index in [1.807, 2.05) is 26.0 Å². The van der Waals surface area contributed by atoms with Gasteiger partial charge in [-0.25, -0.2) is 0 Å². The maximum Gasteiger partial charge on any atom is 0.368 e. The highest BCUT2D eigenvalue weighted by atomic mass is 35.5. The first kappa shape index (κ1) is 24.0. The summed E-state index contributed by atoms with van der Waals surface area (Å²) < 4.78 is 17.7. The zero-order chi connectivity index (χ0) is 22.0. The second-order valence-corrected chi connectivity index (χ2v) is 10.1. The van der Waals surface area contributed by atoms with Gasteiger partial charge >= 0.3 is 7.60 Å². The number of aromatic hydroxyl groups is 1. The minimum Gasteiger partial charge on any atom is -0.508 e. The first-order valence-corrected chi connectivity index (χ1v) is 11.8. The molecule has 0 unspecified atom stereocenters. The van der Waals surface area contributed by atoms with Crippen LogP contribution in [-0.2, 0) is 11.0 Å². The van der Waals surface area contributed by atoms with Crippen LogP contribution in [0.25, 0.3) is 0 Å². The topological polar surface area (TPSA) is 87.0 Å². The third-order valence-electron chi connectivity index (χ3n) is 5.15. The Kier molecular flexibility index (Phi) is 7.69. The molecule has 5 nitrogen and oxygen atoms in total. The van der Waals surface area contributed by atoms with E-state index in [9.17, 15) is 19.5 Å². The molecule has 0 atom stereocenters. The molecule has 2 rings (SSSR count). The van der Waals surface area contributed by atoms with Gasteiger partial charge in [-0.2, -0.15) is 0 Å². The van der Waals surface area contributed by atoms with E-state index in [1.54, 1.807) is 19.9 Å². The van der Waals surface area contributed by atoms with Crippen molar-refractivity contribution in [2.24, 2.45) is 0 Å². The SMILES string of the molecule is CCC(CC)(Oc1cc(Cl)c(Cc2ccc(O)c(C(C)C)c2)c(Cl)c1)P(=O)(O)O. The van der Waals surface area contributed by atoms with Crippen molar-refractivity contribution in [2.75, 3.05) is 0 Å². The Morgan fingerprint density at radius 3 is 2.07 bits per heavy atom. The molecule has 0 heterocycles. The van der Waals surface area contributed by atoms with Crippen LogP contribution in [0, 0.1) is 0 Å². The maximum atomic E-state index is 12.0. The molecule has 0 aromatic heterocycles. The molecular formula is C21H27Cl2O5P. The molecule has 2 aromatic carbocycles. The largest absolute Gasteiger partial charge is 0.508 e. The third-order valence-corrected chi connectivity index (χ3v) is 7.61. The van der Waals surface area contributed by atoms with Crippen LogP contribution in [0.4, 0.5) is 0 Å². The molecule has 0 bridgehead atoms. The molecule has 3 N–H and O–H groups in total. The van der Waals surface area contributed by atoms with E-state index in [0.29, 0.717) is 22.0 Å². The molecule has 0 spiro atoms. The van der Waals surface area contributed by atoms with Gasteiger partial charge in [0.25, 0.3) is 0 Å². The molecule has 2 aromatic rings. The van der Waals surface area contributed by atoms with Crippen molar-refractivity contribution in [2.45, 2.75) is 58.2 Å². The van der Waals surface area contributed by atoms with Crippen molar-refractivity contribution in [3.05, 3.63) is 57.1 Å². The van der Waals surface area contributed by atoms with Gasteiger partial charge in [0.2, 0.25) is 5.34 Å². The van der Waals surface area contributed by atoms with Crippen molar-refractivity contribution >= 4 is 30.8 Å². The minimum atomic E-state index is -4.52. The molecule has 0 radical (unpaired) electrons. The Morgan fingerprint density at radius 1 is 1.07 bits per heavy atom. The maximum absolute atomic E-state index is 12.0. The van der Waals surface area contributed by atoms with E-state index >= 15 is 0 Å². The molecule has 0 aliphatic rings. The van der Waals surface area contributed by atoms with Gasteiger partial charge in [-0.1, -0.05) is 63.0 Å². The Bertz CT molecular complexity index is 896. The fraction of sp³-hybridized carbons (Fsp3) is 0.429. The Balaban J connectivity index is 2.37. The summed E-state index contributed by atoms with van der Waals surface area (Å²) in [6, 6.07) is 8.45. The molecule has 0 saturated heterocycles. The lowest BCUT2D eigenvalue weighted by atomic mass is 9.96. The number of phenols is 1. The van der Waals surface area contributed by atoms with Crippen LogP contribution in [0.1, 0.15) is 63.1 Å². The number of rotatable bonds is 8. The van der Waals surface area contributed by atoms with Gasteiger partial charge in [0.15, 0.2) is 0 Å². The lowest BCUT2D eigenvalue weighted by Gasteiger charge is -2.33. The van der Waals surface area contributed by atoms with Crippen LogP contribution in [0.15, 0.2) is 30.3 Å². The number of phenolic OH excluding ortho intramolecular Hbond substituents is 1. The van der Waals surface area contributed by atoms with Gasteiger partial charge in [0.1, 0.15) is 11.5 Å².